The standard InChI is InChI=1S/C23H20N2O2S/c1-15-7-10-18(11-8-15)28-14-17-13-16(9-12-21(17)27-2)22-24-20-6-4-3-5-19(20)23(26)25-22/h3-13H,14H2,1-2H3,(H,24,25,26). The molecule has 4 nitrogen and oxygen atoms in total. The number of methoxy groups -OCH3 is 1. The number of H-pyrrole nitrogens is 1. The monoisotopic (exact) mass is 388 g/mol. The summed E-state index contributed by atoms with van der Waals surface area (Å²) in [6.07, 6.45) is 0. The van der Waals surface area contributed by atoms with Crippen LogP contribution in [-0.4, -0.2) is 17.1 Å². The van der Waals surface area contributed by atoms with Crippen LogP contribution >= 0.6 is 11.8 Å². The molecule has 0 bridgehead atoms. The van der Waals surface area contributed by atoms with Gasteiger partial charge in [-0.05, 0) is 49.4 Å². The highest BCUT2D eigenvalue weighted by Crippen LogP contribution is 2.31. The van der Waals surface area contributed by atoms with Gasteiger partial charge in [-0.15, -0.1) is 11.8 Å². The van der Waals surface area contributed by atoms with Gasteiger partial charge in [-0.1, -0.05) is 29.8 Å². The summed E-state index contributed by atoms with van der Waals surface area (Å²) in [6, 6.07) is 21.7. The Hall–Kier alpha value is -3.05. The molecule has 5 heteroatoms. The summed E-state index contributed by atoms with van der Waals surface area (Å²) in [5.41, 5.74) is 3.72. The van der Waals surface area contributed by atoms with Crippen molar-refractivity contribution >= 4 is 22.7 Å². The van der Waals surface area contributed by atoms with Crippen LogP contribution in [0.1, 0.15) is 11.1 Å². The predicted octanol–water partition coefficient (Wildman–Crippen LogP) is 5.20. The third-order valence-electron chi connectivity index (χ3n) is 4.58. The van der Waals surface area contributed by atoms with Crippen LogP contribution in [0.2, 0.25) is 0 Å². The molecule has 0 fully saturated rings. The zero-order chi connectivity index (χ0) is 19.5. The Balaban J connectivity index is 1.68. The highest BCUT2D eigenvalue weighted by molar-refractivity contribution is 7.98. The van der Waals surface area contributed by atoms with Crippen LogP contribution in [-0.2, 0) is 5.75 Å². The topological polar surface area (TPSA) is 55.0 Å². The molecule has 0 amide bonds. The van der Waals surface area contributed by atoms with Gasteiger partial charge in [-0.3, -0.25) is 4.79 Å². The van der Waals surface area contributed by atoms with Crippen molar-refractivity contribution in [3.8, 4) is 17.1 Å². The lowest BCUT2D eigenvalue weighted by atomic mass is 10.1. The van der Waals surface area contributed by atoms with Crippen molar-refractivity contribution < 1.29 is 4.74 Å². The van der Waals surface area contributed by atoms with E-state index in [1.807, 2.05) is 36.4 Å². The molecular formula is C23H20N2O2S. The van der Waals surface area contributed by atoms with Gasteiger partial charge in [0.1, 0.15) is 11.6 Å². The molecule has 0 unspecified atom stereocenters. The molecule has 28 heavy (non-hydrogen) atoms. The molecule has 3 aromatic carbocycles. The van der Waals surface area contributed by atoms with Crippen LogP contribution in [0.3, 0.4) is 0 Å². The second-order valence-electron chi connectivity index (χ2n) is 6.56. The number of fused-ring (bicyclic) bond motifs is 1. The van der Waals surface area contributed by atoms with Gasteiger partial charge in [0.05, 0.1) is 18.0 Å². The quantitative estimate of drug-likeness (QED) is 0.478. The van der Waals surface area contributed by atoms with Crippen LogP contribution in [0.4, 0.5) is 0 Å². The summed E-state index contributed by atoms with van der Waals surface area (Å²) >= 11 is 1.75. The molecule has 0 radical (unpaired) electrons. The number of nitrogens with zero attached hydrogens (tertiary/aromatic N) is 1. The molecule has 0 aliphatic heterocycles. The molecule has 0 saturated heterocycles. The Morgan fingerprint density at radius 2 is 1.82 bits per heavy atom. The SMILES string of the molecule is COc1ccc(-c2nc3ccccc3c(=O)[nH]2)cc1CSc1ccc(C)cc1. The first-order chi connectivity index (χ1) is 13.6. The molecule has 0 saturated carbocycles. The second-order valence-corrected chi connectivity index (χ2v) is 7.61. The minimum Gasteiger partial charge on any atom is -0.496 e. The second kappa shape index (κ2) is 7.90. The summed E-state index contributed by atoms with van der Waals surface area (Å²) in [7, 11) is 1.67. The number of aromatic amines is 1. The molecule has 1 aromatic heterocycles. The van der Waals surface area contributed by atoms with Gasteiger partial charge in [0, 0.05) is 21.8 Å². The number of hydrogen-bond acceptors (Lipinski definition) is 4. The molecule has 140 valence electrons. The van der Waals surface area contributed by atoms with E-state index in [4.69, 9.17) is 4.74 Å². The molecular weight excluding hydrogens is 368 g/mol. The fraction of sp³-hybridized carbons (Fsp3) is 0.130. The van der Waals surface area contributed by atoms with Gasteiger partial charge in [0.2, 0.25) is 0 Å². The summed E-state index contributed by atoms with van der Waals surface area (Å²) in [5, 5.41) is 0.593. The van der Waals surface area contributed by atoms with Crippen LogP contribution in [0.15, 0.2) is 76.4 Å². The van der Waals surface area contributed by atoms with Crippen molar-refractivity contribution in [1.82, 2.24) is 9.97 Å². The number of rotatable bonds is 5. The zero-order valence-electron chi connectivity index (χ0n) is 15.7. The number of aromatic nitrogens is 2. The van der Waals surface area contributed by atoms with Gasteiger partial charge in [0.15, 0.2) is 0 Å². The van der Waals surface area contributed by atoms with E-state index < -0.39 is 0 Å². The Morgan fingerprint density at radius 3 is 2.61 bits per heavy atom. The third-order valence-corrected chi connectivity index (χ3v) is 5.64. The lowest BCUT2D eigenvalue weighted by Gasteiger charge is -2.11. The molecule has 4 aromatic rings. The van der Waals surface area contributed by atoms with Crippen molar-refractivity contribution in [2.75, 3.05) is 7.11 Å². The first-order valence-corrected chi connectivity index (χ1v) is 9.98. The Morgan fingerprint density at radius 1 is 1.04 bits per heavy atom. The van der Waals surface area contributed by atoms with Gasteiger partial charge in [-0.2, -0.15) is 0 Å². The zero-order valence-corrected chi connectivity index (χ0v) is 16.5. The van der Waals surface area contributed by atoms with Gasteiger partial charge >= 0.3 is 0 Å². The molecule has 0 spiro atoms. The van der Waals surface area contributed by atoms with E-state index in [1.54, 1.807) is 24.9 Å². The van der Waals surface area contributed by atoms with Gasteiger partial charge in [0.25, 0.3) is 5.56 Å². The van der Waals surface area contributed by atoms with Crippen LogP contribution in [0, 0.1) is 6.92 Å². The van der Waals surface area contributed by atoms with Crippen molar-refractivity contribution in [1.29, 1.82) is 0 Å². The van der Waals surface area contributed by atoms with Crippen LogP contribution < -0.4 is 10.3 Å². The summed E-state index contributed by atoms with van der Waals surface area (Å²) in [6.45, 7) is 2.08. The average Bonchev–Trinajstić information content (AvgIpc) is 2.73. The van der Waals surface area contributed by atoms with E-state index in [9.17, 15) is 4.79 Å². The fourth-order valence-corrected chi connectivity index (χ4v) is 3.93. The van der Waals surface area contributed by atoms with E-state index in [0.29, 0.717) is 16.7 Å². The number of benzene rings is 3. The lowest BCUT2D eigenvalue weighted by Crippen LogP contribution is -2.09. The highest BCUT2D eigenvalue weighted by atomic mass is 32.2. The maximum atomic E-state index is 12.4. The average molecular weight is 388 g/mol. The molecule has 1 N–H and O–H groups in total. The molecule has 0 atom stereocenters. The van der Waals surface area contributed by atoms with Crippen molar-refractivity contribution in [2.24, 2.45) is 0 Å². The summed E-state index contributed by atoms with van der Waals surface area (Å²) in [4.78, 5) is 21.1. The van der Waals surface area contributed by atoms with E-state index in [2.05, 4.69) is 41.2 Å². The minimum absolute atomic E-state index is 0.132. The Bertz CT molecular complexity index is 1180. The van der Waals surface area contributed by atoms with Crippen molar-refractivity contribution in [3.63, 3.8) is 0 Å². The number of hydrogen-bond donors (Lipinski definition) is 1. The van der Waals surface area contributed by atoms with Crippen LogP contribution in [0.25, 0.3) is 22.3 Å². The predicted molar refractivity (Wildman–Crippen MR) is 115 cm³/mol. The number of nitrogens with one attached hydrogen (secondary N) is 1. The van der Waals surface area contributed by atoms with Gasteiger partial charge in [-0.25, -0.2) is 4.98 Å². The molecule has 0 aliphatic carbocycles. The summed E-state index contributed by atoms with van der Waals surface area (Å²) < 4.78 is 5.53. The lowest BCUT2D eigenvalue weighted by molar-refractivity contribution is 0.411. The third kappa shape index (κ3) is 3.80. The fourth-order valence-electron chi connectivity index (χ4n) is 3.06. The van der Waals surface area contributed by atoms with E-state index in [-0.39, 0.29) is 5.56 Å². The molecule has 4 rings (SSSR count). The Kier molecular flexibility index (Phi) is 5.17. The number of para-hydroxylation sites is 1. The number of aryl methyl sites for hydroxylation is 1. The molecule has 0 aliphatic rings. The van der Waals surface area contributed by atoms with E-state index >= 15 is 0 Å². The first kappa shape index (κ1) is 18.3. The van der Waals surface area contributed by atoms with E-state index in [1.165, 1.54) is 10.5 Å². The minimum atomic E-state index is -0.132. The van der Waals surface area contributed by atoms with Crippen LogP contribution in [0.5, 0.6) is 5.75 Å². The first-order valence-electron chi connectivity index (χ1n) is 9.00. The largest absolute Gasteiger partial charge is 0.496 e. The van der Waals surface area contributed by atoms with Gasteiger partial charge < -0.3 is 9.72 Å². The maximum Gasteiger partial charge on any atom is 0.259 e. The Labute approximate surface area is 167 Å². The van der Waals surface area contributed by atoms with E-state index in [0.717, 1.165) is 22.6 Å². The normalized spacial score (nSPS) is 10.9. The summed E-state index contributed by atoms with van der Waals surface area (Å²) in [5.74, 6) is 2.15. The maximum absolute atomic E-state index is 12.4. The highest BCUT2D eigenvalue weighted by Gasteiger charge is 2.10. The smallest absolute Gasteiger partial charge is 0.259 e. The van der Waals surface area contributed by atoms with Crippen molar-refractivity contribution in [2.45, 2.75) is 17.6 Å². The molecule has 1 heterocycles. The van der Waals surface area contributed by atoms with Crippen molar-refractivity contribution in [3.05, 3.63) is 88.2 Å². The number of thioether (sulfide) groups is 1. The number of ether oxygens (including phenoxy) is 1.